The first-order valence-electron chi connectivity index (χ1n) is 12.2. The molecule has 0 radical (unpaired) electrons. The molecule has 1 spiro atoms. The third-order valence-corrected chi connectivity index (χ3v) is 8.81. The molecule has 1 saturated heterocycles. The summed E-state index contributed by atoms with van der Waals surface area (Å²) in [6, 6.07) is 21.7. The van der Waals surface area contributed by atoms with Gasteiger partial charge in [0.25, 0.3) is 0 Å². The summed E-state index contributed by atoms with van der Waals surface area (Å²) in [5.74, 6) is 4.14. The van der Waals surface area contributed by atoms with Crippen LogP contribution >= 0.6 is 0 Å². The van der Waals surface area contributed by atoms with E-state index < -0.39 is 0 Å². The number of rotatable bonds is 2. The Hall–Kier alpha value is -2.60. The minimum absolute atomic E-state index is 0.114. The first kappa shape index (κ1) is 19.1. The molecule has 2 heterocycles. The fraction of sp³-hybridized carbons (Fsp3) is 0.500. The van der Waals surface area contributed by atoms with Crippen molar-refractivity contribution in [1.82, 2.24) is 4.90 Å². The van der Waals surface area contributed by atoms with Crippen LogP contribution in [-0.2, 0) is 0 Å². The van der Waals surface area contributed by atoms with Gasteiger partial charge in [0, 0.05) is 25.4 Å². The zero-order chi connectivity index (χ0) is 20.8. The van der Waals surface area contributed by atoms with Gasteiger partial charge in [-0.3, -0.25) is 4.99 Å². The Morgan fingerprint density at radius 3 is 2.42 bits per heavy atom. The van der Waals surface area contributed by atoms with Crippen molar-refractivity contribution >= 4 is 5.84 Å². The molecule has 4 aliphatic rings. The molecule has 6 rings (SSSR count). The van der Waals surface area contributed by atoms with Gasteiger partial charge in [-0.05, 0) is 79.5 Å². The predicted molar refractivity (Wildman–Crippen MR) is 124 cm³/mol. The van der Waals surface area contributed by atoms with Gasteiger partial charge in [-0.2, -0.15) is 5.26 Å². The van der Waals surface area contributed by atoms with E-state index in [1.54, 1.807) is 0 Å². The minimum Gasteiger partial charge on any atom is -0.360 e. The van der Waals surface area contributed by atoms with E-state index in [0.717, 1.165) is 36.9 Å². The Kier molecular flexibility index (Phi) is 4.64. The molecule has 31 heavy (non-hydrogen) atoms. The molecule has 4 atom stereocenters. The van der Waals surface area contributed by atoms with Crippen molar-refractivity contribution < 1.29 is 0 Å². The van der Waals surface area contributed by atoms with Crippen molar-refractivity contribution in [3.05, 3.63) is 71.3 Å². The highest BCUT2D eigenvalue weighted by molar-refractivity contribution is 5.85. The summed E-state index contributed by atoms with van der Waals surface area (Å²) >= 11 is 0. The second-order valence-corrected chi connectivity index (χ2v) is 10.2. The van der Waals surface area contributed by atoms with Crippen LogP contribution in [0.5, 0.6) is 0 Å². The van der Waals surface area contributed by atoms with E-state index in [-0.39, 0.29) is 5.54 Å². The monoisotopic (exact) mass is 409 g/mol. The summed E-state index contributed by atoms with van der Waals surface area (Å²) in [6.45, 7) is 2.29. The Balaban J connectivity index is 1.23. The van der Waals surface area contributed by atoms with Gasteiger partial charge in [0.2, 0.25) is 0 Å². The fourth-order valence-electron chi connectivity index (χ4n) is 7.37. The Morgan fingerprint density at radius 2 is 1.68 bits per heavy atom. The second kappa shape index (κ2) is 7.52. The highest BCUT2D eigenvalue weighted by Gasteiger charge is 2.60. The number of piperidine rings is 1. The maximum Gasteiger partial charge on any atom is 0.0997 e. The molecule has 0 aromatic heterocycles. The first-order valence-corrected chi connectivity index (χ1v) is 12.2. The number of likely N-dealkylation sites (tertiary alicyclic amines) is 1. The van der Waals surface area contributed by atoms with Crippen LogP contribution in [0.1, 0.15) is 73.5 Å². The molecular formula is C28H31N3. The predicted octanol–water partition coefficient (Wildman–Crippen LogP) is 5.88. The molecule has 2 aromatic rings. The SMILES string of the molecule is N#Cc1ccc(C2C3CCC(C3)C23CCC(N2CCC(c4ccccc4)CC2)=N3)cc1. The Bertz CT molecular complexity index is 1010. The van der Waals surface area contributed by atoms with Crippen molar-refractivity contribution in [2.24, 2.45) is 16.8 Å². The maximum atomic E-state index is 9.20. The van der Waals surface area contributed by atoms with Crippen LogP contribution in [0.2, 0.25) is 0 Å². The zero-order valence-electron chi connectivity index (χ0n) is 18.2. The minimum atomic E-state index is 0.114. The molecule has 0 amide bonds. The van der Waals surface area contributed by atoms with Gasteiger partial charge in [0.1, 0.15) is 0 Å². The number of nitriles is 1. The molecule has 3 fully saturated rings. The van der Waals surface area contributed by atoms with Crippen LogP contribution in [0.4, 0.5) is 0 Å². The van der Waals surface area contributed by atoms with E-state index in [4.69, 9.17) is 4.99 Å². The number of nitrogens with zero attached hydrogens (tertiary/aromatic N) is 3. The van der Waals surface area contributed by atoms with Crippen LogP contribution in [0, 0.1) is 23.2 Å². The van der Waals surface area contributed by atoms with Crippen molar-refractivity contribution in [2.45, 2.75) is 62.3 Å². The van der Waals surface area contributed by atoms with Gasteiger partial charge in [-0.25, -0.2) is 0 Å². The van der Waals surface area contributed by atoms with Crippen LogP contribution in [-0.4, -0.2) is 29.4 Å². The summed E-state index contributed by atoms with van der Waals surface area (Å²) in [7, 11) is 0. The van der Waals surface area contributed by atoms with E-state index >= 15 is 0 Å². The summed E-state index contributed by atoms with van der Waals surface area (Å²) in [4.78, 5) is 8.21. The first-order chi connectivity index (χ1) is 15.3. The quantitative estimate of drug-likeness (QED) is 0.621. The average molecular weight is 410 g/mol. The lowest BCUT2D eigenvalue weighted by Gasteiger charge is -2.39. The van der Waals surface area contributed by atoms with Crippen LogP contribution in [0.25, 0.3) is 0 Å². The molecular weight excluding hydrogens is 378 g/mol. The lowest BCUT2D eigenvalue weighted by atomic mass is 9.69. The van der Waals surface area contributed by atoms with Gasteiger partial charge < -0.3 is 4.90 Å². The average Bonchev–Trinajstić information content (AvgIpc) is 3.56. The smallest absolute Gasteiger partial charge is 0.0997 e. The molecule has 0 N–H and O–H groups in total. The van der Waals surface area contributed by atoms with E-state index in [1.165, 1.54) is 55.5 Å². The van der Waals surface area contributed by atoms with Crippen LogP contribution < -0.4 is 0 Å². The number of hydrogen-bond acceptors (Lipinski definition) is 3. The van der Waals surface area contributed by atoms with Crippen molar-refractivity contribution in [3.63, 3.8) is 0 Å². The number of fused-ring (bicyclic) bond motifs is 3. The van der Waals surface area contributed by atoms with Crippen molar-refractivity contribution in [3.8, 4) is 6.07 Å². The number of benzene rings is 2. The molecule has 2 saturated carbocycles. The zero-order valence-corrected chi connectivity index (χ0v) is 18.2. The molecule has 3 nitrogen and oxygen atoms in total. The van der Waals surface area contributed by atoms with E-state index in [0.29, 0.717) is 11.8 Å². The number of hydrogen-bond donors (Lipinski definition) is 0. The highest BCUT2D eigenvalue weighted by atomic mass is 15.2. The van der Waals surface area contributed by atoms with E-state index in [1.807, 2.05) is 12.1 Å². The fourth-order valence-corrected chi connectivity index (χ4v) is 7.37. The van der Waals surface area contributed by atoms with Gasteiger partial charge in [0.05, 0.1) is 23.0 Å². The Labute approximate surface area is 185 Å². The summed E-state index contributed by atoms with van der Waals surface area (Å²) in [5.41, 5.74) is 3.79. The van der Waals surface area contributed by atoms with Crippen LogP contribution in [0.3, 0.4) is 0 Å². The molecule has 2 aliphatic carbocycles. The largest absolute Gasteiger partial charge is 0.360 e. The van der Waals surface area contributed by atoms with Gasteiger partial charge >= 0.3 is 0 Å². The lowest BCUT2D eigenvalue weighted by Crippen LogP contribution is -2.39. The summed E-state index contributed by atoms with van der Waals surface area (Å²) in [5, 5.41) is 9.20. The maximum absolute atomic E-state index is 9.20. The van der Waals surface area contributed by atoms with E-state index in [9.17, 15) is 5.26 Å². The second-order valence-electron chi connectivity index (χ2n) is 10.2. The molecule has 2 bridgehead atoms. The number of amidine groups is 1. The highest BCUT2D eigenvalue weighted by Crippen LogP contribution is 2.63. The van der Waals surface area contributed by atoms with Crippen molar-refractivity contribution in [1.29, 1.82) is 5.26 Å². The lowest BCUT2D eigenvalue weighted by molar-refractivity contribution is 0.234. The summed E-state index contributed by atoms with van der Waals surface area (Å²) in [6.07, 6.45) is 8.88. The van der Waals surface area contributed by atoms with Gasteiger partial charge in [-0.1, -0.05) is 42.5 Å². The summed E-state index contributed by atoms with van der Waals surface area (Å²) < 4.78 is 0. The molecule has 158 valence electrons. The molecule has 2 aliphatic heterocycles. The molecule has 4 unspecified atom stereocenters. The molecule has 3 heteroatoms. The molecule has 2 aromatic carbocycles. The van der Waals surface area contributed by atoms with Gasteiger partial charge in [0.15, 0.2) is 0 Å². The van der Waals surface area contributed by atoms with Gasteiger partial charge in [-0.15, -0.1) is 0 Å². The van der Waals surface area contributed by atoms with E-state index in [2.05, 4.69) is 53.4 Å². The standard InChI is InChI=1S/C28H31N3/c29-19-20-6-8-23(9-7-20)27-24-10-11-25(18-24)28(27)15-12-26(30-28)31-16-13-22(14-17-31)21-4-2-1-3-5-21/h1-9,22,24-25,27H,10-18H2. The third kappa shape index (κ3) is 3.11. The topological polar surface area (TPSA) is 39.4 Å². The van der Waals surface area contributed by atoms with Crippen molar-refractivity contribution in [2.75, 3.05) is 13.1 Å². The number of aliphatic imine (C=N–C) groups is 1. The normalized spacial score (nSPS) is 32.4. The third-order valence-electron chi connectivity index (χ3n) is 8.81. The van der Waals surface area contributed by atoms with Crippen LogP contribution in [0.15, 0.2) is 59.6 Å². The Morgan fingerprint density at radius 1 is 0.903 bits per heavy atom.